The van der Waals surface area contributed by atoms with Gasteiger partial charge in [-0.15, -0.1) is 0 Å². The van der Waals surface area contributed by atoms with E-state index in [-0.39, 0.29) is 6.10 Å². The van der Waals surface area contributed by atoms with Gasteiger partial charge in [-0.2, -0.15) is 0 Å². The van der Waals surface area contributed by atoms with Crippen LogP contribution in [0.4, 0.5) is 0 Å². The van der Waals surface area contributed by atoms with Crippen LogP contribution >= 0.6 is 0 Å². The molecule has 0 saturated carbocycles. The monoisotopic (exact) mass is 271 g/mol. The van der Waals surface area contributed by atoms with Crippen molar-refractivity contribution >= 4 is 0 Å². The maximum Gasteiger partial charge on any atom is 0.119 e. The SMILES string of the molecule is CC(O)CCc1ccc(OCCc2cccnc2)cc1. The number of aliphatic hydroxyl groups excluding tert-OH is 1. The van der Waals surface area contributed by atoms with E-state index >= 15 is 0 Å². The van der Waals surface area contributed by atoms with Crippen LogP contribution in [0.15, 0.2) is 48.8 Å². The Kier molecular flexibility index (Phi) is 5.56. The first-order chi connectivity index (χ1) is 9.74. The fourth-order valence-electron chi connectivity index (χ4n) is 1.96. The lowest BCUT2D eigenvalue weighted by Crippen LogP contribution is -2.02. The van der Waals surface area contributed by atoms with Crippen LogP contribution in [-0.2, 0) is 12.8 Å². The lowest BCUT2D eigenvalue weighted by atomic mass is 10.1. The number of aryl methyl sites for hydroxylation is 1. The third kappa shape index (κ3) is 5.02. The van der Waals surface area contributed by atoms with Crippen molar-refractivity contribution in [3.05, 3.63) is 59.9 Å². The van der Waals surface area contributed by atoms with Gasteiger partial charge in [-0.25, -0.2) is 0 Å². The Morgan fingerprint density at radius 3 is 2.55 bits per heavy atom. The molecule has 0 radical (unpaired) electrons. The Hall–Kier alpha value is -1.87. The van der Waals surface area contributed by atoms with Crippen molar-refractivity contribution in [2.24, 2.45) is 0 Å². The van der Waals surface area contributed by atoms with E-state index in [1.807, 2.05) is 31.3 Å². The van der Waals surface area contributed by atoms with Crippen LogP contribution in [0.5, 0.6) is 5.75 Å². The van der Waals surface area contributed by atoms with E-state index in [2.05, 4.69) is 23.2 Å². The Balaban J connectivity index is 1.76. The summed E-state index contributed by atoms with van der Waals surface area (Å²) in [4.78, 5) is 4.08. The van der Waals surface area contributed by atoms with E-state index in [1.54, 1.807) is 6.20 Å². The summed E-state index contributed by atoms with van der Waals surface area (Å²) in [5, 5.41) is 9.26. The first kappa shape index (κ1) is 14.5. The summed E-state index contributed by atoms with van der Waals surface area (Å²) in [7, 11) is 0. The molecule has 0 saturated heterocycles. The van der Waals surface area contributed by atoms with Gasteiger partial charge in [-0.05, 0) is 49.1 Å². The molecule has 1 N–H and O–H groups in total. The number of ether oxygens (including phenoxy) is 1. The number of aromatic nitrogens is 1. The summed E-state index contributed by atoms with van der Waals surface area (Å²) in [6.07, 6.45) is 5.94. The van der Waals surface area contributed by atoms with Gasteiger partial charge in [0, 0.05) is 18.8 Å². The Morgan fingerprint density at radius 2 is 1.90 bits per heavy atom. The van der Waals surface area contributed by atoms with Crippen LogP contribution in [-0.4, -0.2) is 22.8 Å². The van der Waals surface area contributed by atoms with Gasteiger partial charge in [-0.3, -0.25) is 4.98 Å². The molecule has 3 heteroatoms. The number of rotatable bonds is 7. The molecule has 20 heavy (non-hydrogen) atoms. The molecule has 0 bridgehead atoms. The third-order valence-electron chi connectivity index (χ3n) is 3.16. The highest BCUT2D eigenvalue weighted by molar-refractivity contribution is 5.27. The first-order valence-corrected chi connectivity index (χ1v) is 7.03. The number of pyridine rings is 1. The van der Waals surface area contributed by atoms with Crippen LogP contribution in [0.25, 0.3) is 0 Å². The van der Waals surface area contributed by atoms with E-state index in [0.717, 1.165) is 25.0 Å². The van der Waals surface area contributed by atoms with Crippen molar-refractivity contribution in [2.45, 2.75) is 32.3 Å². The molecule has 1 unspecified atom stereocenters. The zero-order valence-electron chi connectivity index (χ0n) is 11.8. The Morgan fingerprint density at radius 1 is 1.10 bits per heavy atom. The molecule has 0 aliphatic carbocycles. The van der Waals surface area contributed by atoms with Gasteiger partial charge < -0.3 is 9.84 Å². The molecule has 0 aliphatic rings. The molecule has 0 spiro atoms. The van der Waals surface area contributed by atoms with E-state index in [1.165, 1.54) is 11.1 Å². The highest BCUT2D eigenvalue weighted by atomic mass is 16.5. The summed E-state index contributed by atoms with van der Waals surface area (Å²) in [6.45, 7) is 2.47. The molecule has 106 valence electrons. The molecular formula is C17H21NO2. The molecule has 1 aromatic heterocycles. The second kappa shape index (κ2) is 7.65. The van der Waals surface area contributed by atoms with Crippen LogP contribution in [0.2, 0.25) is 0 Å². The third-order valence-corrected chi connectivity index (χ3v) is 3.16. The average Bonchev–Trinajstić information content (AvgIpc) is 2.47. The quantitative estimate of drug-likeness (QED) is 0.841. The van der Waals surface area contributed by atoms with Crippen LogP contribution in [0.1, 0.15) is 24.5 Å². The molecule has 3 nitrogen and oxygen atoms in total. The number of aliphatic hydroxyl groups is 1. The van der Waals surface area contributed by atoms with E-state index in [4.69, 9.17) is 4.74 Å². The lowest BCUT2D eigenvalue weighted by Gasteiger charge is -2.08. The molecule has 0 aliphatic heterocycles. The van der Waals surface area contributed by atoms with Crippen LogP contribution < -0.4 is 4.74 Å². The molecule has 1 atom stereocenters. The van der Waals surface area contributed by atoms with Crippen molar-refractivity contribution in [3.63, 3.8) is 0 Å². The van der Waals surface area contributed by atoms with Crippen molar-refractivity contribution in [1.29, 1.82) is 0 Å². The van der Waals surface area contributed by atoms with Crippen molar-refractivity contribution in [1.82, 2.24) is 4.98 Å². The van der Waals surface area contributed by atoms with Crippen LogP contribution in [0, 0.1) is 0 Å². The topological polar surface area (TPSA) is 42.4 Å². The summed E-state index contributed by atoms with van der Waals surface area (Å²) in [6, 6.07) is 12.1. The molecular weight excluding hydrogens is 250 g/mol. The van der Waals surface area contributed by atoms with Gasteiger partial charge in [-0.1, -0.05) is 18.2 Å². The molecule has 1 aromatic carbocycles. The van der Waals surface area contributed by atoms with E-state index < -0.39 is 0 Å². The molecule has 2 aromatic rings. The zero-order chi connectivity index (χ0) is 14.2. The lowest BCUT2D eigenvalue weighted by molar-refractivity contribution is 0.185. The van der Waals surface area contributed by atoms with Crippen LogP contribution in [0.3, 0.4) is 0 Å². The van der Waals surface area contributed by atoms with E-state index in [0.29, 0.717) is 6.61 Å². The van der Waals surface area contributed by atoms with Gasteiger partial charge in [0.05, 0.1) is 12.7 Å². The summed E-state index contributed by atoms with van der Waals surface area (Å²) in [5.74, 6) is 0.884. The minimum absolute atomic E-state index is 0.245. The first-order valence-electron chi connectivity index (χ1n) is 7.03. The molecule has 1 heterocycles. The van der Waals surface area contributed by atoms with Crippen molar-refractivity contribution < 1.29 is 9.84 Å². The fourth-order valence-corrected chi connectivity index (χ4v) is 1.96. The molecule has 2 rings (SSSR count). The minimum atomic E-state index is -0.245. The second-order valence-electron chi connectivity index (χ2n) is 4.99. The van der Waals surface area contributed by atoms with Gasteiger partial charge in [0.25, 0.3) is 0 Å². The maximum absolute atomic E-state index is 9.26. The number of nitrogens with zero attached hydrogens (tertiary/aromatic N) is 1. The van der Waals surface area contributed by atoms with Gasteiger partial charge >= 0.3 is 0 Å². The van der Waals surface area contributed by atoms with E-state index in [9.17, 15) is 5.11 Å². The maximum atomic E-state index is 9.26. The molecule has 0 amide bonds. The van der Waals surface area contributed by atoms with Crippen molar-refractivity contribution in [2.75, 3.05) is 6.61 Å². The largest absolute Gasteiger partial charge is 0.493 e. The number of hydrogen-bond acceptors (Lipinski definition) is 3. The summed E-state index contributed by atoms with van der Waals surface area (Å²) in [5.41, 5.74) is 2.41. The fraction of sp³-hybridized carbons (Fsp3) is 0.353. The second-order valence-corrected chi connectivity index (χ2v) is 4.99. The smallest absolute Gasteiger partial charge is 0.119 e. The minimum Gasteiger partial charge on any atom is -0.493 e. The van der Waals surface area contributed by atoms with Gasteiger partial charge in [0.1, 0.15) is 5.75 Å². The van der Waals surface area contributed by atoms with Gasteiger partial charge in [0.15, 0.2) is 0 Å². The zero-order valence-corrected chi connectivity index (χ0v) is 11.8. The summed E-state index contributed by atoms with van der Waals surface area (Å²) < 4.78 is 5.71. The normalized spacial score (nSPS) is 12.1. The predicted octanol–water partition coefficient (Wildman–Crippen LogP) is 3.02. The van der Waals surface area contributed by atoms with Crippen molar-refractivity contribution in [3.8, 4) is 5.75 Å². The standard InChI is InChI=1S/C17H21NO2/c1-14(19)4-5-15-6-8-17(9-7-15)20-12-10-16-3-2-11-18-13-16/h2-3,6-9,11,13-14,19H,4-5,10,12H2,1H3. The highest BCUT2D eigenvalue weighted by Gasteiger charge is 1.99. The Bertz CT molecular complexity index is 494. The van der Waals surface area contributed by atoms with Gasteiger partial charge in [0.2, 0.25) is 0 Å². The molecule has 0 fully saturated rings. The number of hydrogen-bond donors (Lipinski definition) is 1. The average molecular weight is 271 g/mol. The predicted molar refractivity (Wildman–Crippen MR) is 79.9 cm³/mol. The summed E-state index contributed by atoms with van der Waals surface area (Å²) >= 11 is 0. The Labute approximate surface area is 120 Å². The highest BCUT2D eigenvalue weighted by Crippen LogP contribution is 2.14. The number of benzene rings is 1.